The molecule has 3 rings (SSSR count). The van der Waals surface area contributed by atoms with Gasteiger partial charge in [0.2, 0.25) is 0 Å². The molecule has 1 aliphatic heterocycles. The van der Waals surface area contributed by atoms with Crippen LogP contribution in [-0.4, -0.2) is 21.0 Å². The molecule has 0 fully saturated rings. The maximum absolute atomic E-state index is 12.8. The lowest BCUT2D eigenvalue weighted by atomic mass is 9.98. The Bertz CT molecular complexity index is 609. The van der Waals surface area contributed by atoms with E-state index in [2.05, 4.69) is 16.0 Å². The molecule has 4 nitrogen and oxygen atoms in total. The summed E-state index contributed by atoms with van der Waals surface area (Å²) in [5, 5.41) is 0. The molecule has 0 unspecified atom stereocenters. The monoisotopic (exact) mass is 278 g/mol. The average molecular weight is 278 g/mol. The highest BCUT2D eigenvalue weighted by atomic mass is 19.3. The number of anilines is 1. The summed E-state index contributed by atoms with van der Waals surface area (Å²) in [6, 6.07) is 5.90. The third kappa shape index (κ3) is 2.38. The van der Waals surface area contributed by atoms with Crippen molar-refractivity contribution in [3.05, 3.63) is 47.5 Å². The summed E-state index contributed by atoms with van der Waals surface area (Å²) < 4.78 is 26.5. The maximum atomic E-state index is 12.8. The smallest absolute Gasteiger partial charge is 0.319 e. The van der Waals surface area contributed by atoms with E-state index in [9.17, 15) is 8.78 Å². The molecule has 2 N–H and O–H groups in total. The van der Waals surface area contributed by atoms with Gasteiger partial charge in [-0.3, -0.25) is 9.47 Å². The van der Waals surface area contributed by atoms with E-state index in [4.69, 9.17) is 5.73 Å². The normalized spacial score (nSPS) is 15.6. The first-order chi connectivity index (χ1) is 9.65. The average Bonchev–Trinajstić information content (AvgIpc) is 2.88. The van der Waals surface area contributed by atoms with Crippen molar-refractivity contribution >= 4 is 5.69 Å². The second-order valence-corrected chi connectivity index (χ2v) is 4.97. The van der Waals surface area contributed by atoms with Gasteiger partial charge in [0.1, 0.15) is 5.82 Å². The number of rotatable bonds is 3. The van der Waals surface area contributed by atoms with E-state index in [0.29, 0.717) is 18.9 Å². The van der Waals surface area contributed by atoms with Crippen molar-refractivity contribution in [1.82, 2.24) is 14.5 Å². The van der Waals surface area contributed by atoms with Crippen molar-refractivity contribution in [2.75, 3.05) is 12.3 Å². The Morgan fingerprint density at radius 1 is 1.35 bits per heavy atom. The number of halogens is 2. The molecular weight excluding hydrogens is 262 g/mol. The van der Waals surface area contributed by atoms with E-state index >= 15 is 0 Å². The number of hydrogen-bond donors (Lipinski definition) is 1. The van der Waals surface area contributed by atoms with Gasteiger partial charge < -0.3 is 5.73 Å². The predicted octanol–water partition coefficient (Wildman–Crippen LogP) is 2.42. The van der Waals surface area contributed by atoms with Gasteiger partial charge >= 0.3 is 6.55 Å². The van der Waals surface area contributed by atoms with Crippen LogP contribution in [0.3, 0.4) is 0 Å². The molecule has 0 atom stereocenters. The van der Waals surface area contributed by atoms with Gasteiger partial charge in [0.25, 0.3) is 0 Å². The van der Waals surface area contributed by atoms with Crippen LogP contribution in [0, 0.1) is 0 Å². The number of alkyl halides is 2. The molecule has 6 heteroatoms. The Morgan fingerprint density at radius 2 is 2.20 bits per heavy atom. The molecular formula is C14H16F2N4. The van der Waals surface area contributed by atoms with Gasteiger partial charge in [-0.15, -0.1) is 0 Å². The van der Waals surface area contributed by atoms with Crippen LogP contribution in [0.4, 0.5) is 14.5 Å². The SMILES string of the molecule is Nc1cccc2c1CN(Cc1nccn1C(F)F)CC2. The minimum Gasteiger partial charge on any atom is -0.398 e. The molecule has 106 valence electrons. The first-order valence-electron chi connectivity index (χ1n) is 6.53. The number of nitrogens with two attached hydrogens (primary N) is 1. The van der Waals surface area contributed by atoms with Gasteiger partial charge in [0.15, 0.2) is 0 Å². The zero-order valence-electron chi connectivity index (χ0n) is 11.0. The summed E-state index contributed by atoms with van der Waals surface area (Å²) >= 11 is 0. The van der Waals surface area contributed by atoms with Gasteiger partial charge in [-0.1, -0.05) is 12.1 Å². The number of nitrogens with zero attached hydrogens (tertiary/aromatic N) is 3. The molecule has 0 saturated heterocycles. The number of nitrogen functional groups attached to an aromatic ring is 1. The fourth-order valence-electron chi connectivity index (χ4n) is 2.64. The van der Waals surface area contributed by atoms with E-state index in [1.807, 2.05) is 12.1 Å². The lowest BCUT2D eigenvalue weighted by molar-refractivity contribution is 0.0634. The highest BCUT2D eigenvalue weighted by molar-refractivity contribution is 5.51. The molecule has 0 saturated carbocycles. The number of imidazole rings is 1. The largest absolute Gasteiger partial charge is 0.398 e. The Hall–Kier alpha value is -1.95. The Morgan fingerprint density at radius 3 is 3.00 bits per heavy atom. The second kappa shape index (κ2) is 5.20. The zero-order valence-corrected chi connectivity index (χ0v) is 11.0. The molecule has 0 spiro atoms. The fraction of sp³-hybridized carbons (Fsp3) is 0.357. The first-order valence-corrected chi connectivity index (χ1v) is 6.53. The van der Waals surface area contributed by atoms with Crippen molar-refractivity contribution < 1.29 is 8.78 Å². The quantitative estimate of drug-likeness (QED) is 0.877. The second-order valence-electron chi connectivity index (χ2n) is 4.97. The highest BCUT2D eigenvalue weighted by Crippen LogP contribution is 2.25. The van der Waals surface area contributed by atoms with E-state index < -0.39 is 6.55 Å². The lowest BCUT2D eigenvalue weighted by Crippen LogP contribution is -2.31. The van der Waals surface area contributed by atoms with Gasteiger partial charge in [0, 0.05) is 31.2 Å². The van der Waals surface area contributed by atoms with Crippen LogP contribution in [-0.2, 0) is 19.5 Å². The fourth-order valence-corrected chi connectivity index (χ4v) is 2.64. The molecule has 2 heterocycles. The van der Waals surface area contributed by atoms with Crippen LogP contribution in [0.25, 0.3) is 0 Å². The lowest BCUT2D eigenvalue weighted by Gasteiger charge is -2.29. The Labute approximate surface area is 115 Å². The maximum Gasteiger partial charge on any atom is 0.319 e. The summed E-state index contributed by atoms with van der Waals surface area (Å²) in [6.07, 6.45) is 3.61. The zero-order chi connectivity index (χ0) is 14.1. The third-order valence-corrected chi connectivity index (χ3v) is 3.71. The van der Waals surface area contributed by atoms with Crippen molar-refractivity contribution in [2.24, 2.45) is 0 Å². The topological polar surface area (TPSA) is 47.1 Å². The van der Waals surface area contributed by atoms with Crippen LogP contribution < -0.4 is 5.73 Å². The minimum atomic E-state index is -2.55. The molecule has 0 amide bonds. The molecule has 0 aliphatic carbocycles. The summed E-state index contributed by atoms with van der Waals surface area (Å²) in [4.78, 5) is 6.12. The molecule has 2 aromatic rings. The van der Waals surface area contributed by atoms with Crippen molar-refractivity contribution in [2.45, 2.75) is 26.1 Å². The van der Waals surface area contributed by atoms with E-state index in [0.717, 1.165) is 28.8 Å². The molecule has 1 aliphatic rings. The van der Waals surface area contributed by atoms with Crippen LogP contribution in [0.2, 0.25) is 0 Å². The van der Waals surface area contributed by atoms with Crippen LogP contribution in [0.5, 0.6) is 0 Å². The van der Waals surface area contributed by atoms with Crippen molar-refractivity contribution in [3.63, 3.8) is 0 Å². The van der Waals surface area contributed by atoms with Gasteiger partial charge in [0.05, 0.1) is 6.54 Å². The summed E-state index contributed by atoms with van der Waals surface area (Å²) in [5.74, 6) is 0.387. The van der Waals surface area contributed by atoms with Crippen LogP contribution in [0.15, 0.2) is 30.6 Å². The molecule has 20 heavy (non-hydrogen) atoms. The number of aromatic nitrogens is 2. The molecule has 0 radical (unpaired) electrons. The first kappa shape index (κ1) is 13.1. The number of fused-ring (bicyclic) bond motifs is 1. The summed E-state index contributed by atoms with van der Waals surface area (Å²) in [5.41, 5.74) is 9.11. The molecule has 1 aromatic carbocycles. The van der Waals surface area contributed by atoms with Crippen molar-refractivity contribution in [3.8, 4) is 0 Å². The Kier molecular flexibility index (Phi) is 3.40. The van der Waals surface area contributed by atoms with Crippen LogP contribution >= 0.6 is 0 Å². The summed E-state index contributed by atoms with van der Waals surface area (Å²) in [6.45, 7) is -0.634. The van der Waals surface area contributed by atoms with Gasteiger partial charge in [-0.05, 0) is 23.6 Å². The van der Waals surface area contributed by atoms with Crippen molar-refractivity contribution in [1.29, 1.82) is 0 Å². The number of benzene rings is 1. The highest BCUT2D eigenvalue weighted by Gasteiger charge is 2.20. The number of hydrogen-bond acceptors (Lipinski definition) is 3. The Balaban J connectivity index is 1.77. The molecule has 1 aromatic heterocycles. The van der Waals surface area contributed by atoms with Gasteiger partial charge in [-0.25, -0.2) is 4.98 Å². The minimum absolute atomic E-state index is 0.387. The summed E-state index contributed by atoms with van der Waals surface area (Å²) in [7, 11) is 0. The van der Waals surface area contributed by atoms with E-state index in [1.54, 1.807) is 0 Å². The predicted molar refractivity (Wildman–Crippen MR) is 72.2 cm³/mol. The molecule has 0 bridgehead atoms. The third-order valence-electron chi connectivity index (χ3n) is 3.71. The van der Waals surface area contributed by atoms with Gasteiger partial charge in [-0.2, -0.15) is 8.78 Å². The standard InChI is InChI=1S/C14H16F2N4/c15-14(16)20-7-5-18-13(20)9-19-6-4-10-2-1-3-12(17)11(10)8-19/h1-3,5,7,14H,4,6,8-9,17H2. The van der Waals surface area contributed by atoms with Crippen LogP contribution in [0.1, 0.15) is 23.5 Å². The van der Waals surface area contributed by atoms with E-state index in [1.165, 1.54) is 18.0 Å². The van der Waals surface area contributed by atoms with E-state index in [-0.39, 0.29) is 0 Å².